The normalized spacial score (nSPS) is 12.1. The first-order valence-electron chi connectivity index (χ1n) is 5.13. The number of hydrogen-bond acceptors (Lipinski definition) is 4. The minimum absolute atomic E-state index is 0.123. The summed E-state index contributed by atoms with van der Waals surface area (Å²) in [6.45, 7) is 2.03. The summed E-state index contributed by atoms with van der Waals surface area (Å²) >= 11 is 7.06. The molecular formula is C12H11ClN2OS. The van der Waals surface area contributed by atoms with E-state index >= 15 is 0 Å². The monoisotopic (exact) mass is 266 g/mol. The lowest BCUT2D eigenvalue weighted by Gasteiger charge is -2.12. The lowest BCUT2D eigenvalue weighted by Crippen LogP contribution is -2.05. The van der Waals surface area contributed by atoms with Gasteiger partial charge in [-0.05, 0) is 12.5 Å². The standard InChI is InChI=1S/C12H11ClN2OS/c1-8(9-5-3-2-4-6-9)14-12-15-11(13)10(7-16)17-12/h2-8H,1H3,(H,14,15)/t8-/m1/s1. The van der Waals surface area contributed by atoms with Crippen LogP contribution in [-0.4, -0.2) is 11.3 Å². The Kier molecular flexibility index (Phi) is 3.76. The van der Waals surface area contributed by atoms with Gasteiger partial charge in [0.05, 0.1) is 6.04 Å². The SMILES string of the molecule is C[C@@H](Nc1nc(Cl)c(C=O)s1)c1ccccc1. The summed E-state index contributed by atoms with van der Waals surface area (Å²) in [6.07, 6.45) is 0.721. The number of rotatable bonds is 4. The topological polar surface area (TPSA) is 42.0 Å². The van der Waals surface area contributed by atoms with Crippen molar-refractivity contribution in [3.8, 4) is 0 Å². The molecule has 0 saturated heterocycles. The number of anilines is 1. The first-order chi connectivity index (χ1) is 8.20. The summed E-state index contributed by atoms with van der Waals surface area (Å²) in [5.41, 5.74) is 1.16. The van der Waals surface area contributed by atoms with Crippen molar-refractivity contribution < 1.29 is 4.79 Å². The Morgan fingerprint density at radius 1 is 1.41 bits per heavy atom. The van der Waals surface area contributed by atoms with Gasteiger partial charge in [0.15, 0.2) is 16.6 Å². The van der Waals surface area contributed by atoms with Gasteiger partial charge in [-0.1, -0.05) is 53.3 Å². The molecule has 1 N–H and O–H groups in total. The molecule has 3 nitrogen and oxygen atoms in total. The minimum Gasteiger partial charge on any atom is -0.355 e. The highest BCUT2D eigenvalue weighted by Gasteiger charge is 2.11. The second-order valence-electron chi connectivity index (χ2n) is 3.57. The Morgan fingerprint density at radius 2 is 2.12 bits per heavy atom. The second-order valence-corrected chi connectivity index (χ2v) is 4.96. The molecule has 0 unspecified atom stereocenters. The highest BCUT2D eigenvalue weighted by Crippen LogP contribution is 2.28. The molecule has 2 rings (SSSR count). The van der Waals surface area contributed by atoms with Gasteiger partial charge < -0.3 is 5.32 Å². The molecule has 2 aromatic rings. The van der Waals surface area contributed by atoms with E-state index in [1.807, 2.05) is 37.3 Å². The summed E-state index contributed by atoms with van der Waals surface area (Å²) in [4.78, 5) is 15.2. The molecule has 0 saturated carbocycles. The Labute approximate surface area is 108 Å². The number of hydrogen-bond donors (Lipinski definition) is 1. The van der Waals surface area contributed by atoms with Crippen molar-refractivity contribution in [3.63, 3.8) is 0 Å². The van der Waals surface area contributed by atoms with Gasteiger partial charge in [0.2, 0.25) is 0 Å². The molecule has 0 spiro atoms. The number of nitrogens with zero attached hydrogens (tertiary/aromatic N) is 1. The zero-order chi connectivity index (χ0) is 12.3. The van der Waals surface area contributed by atoms with Crippen LogP contribution in [0.4, 0.5) is 5.13 Å². The van der Waals surface area contributed by atoms with Gasteiger partial charge in [-0.25, -0.2) is 4.98 Å². The average molecular weight is 267 g/mol. The number of thiazole rings is 1. The third kappa shape index (κ3) is 2.84. The molecule has 88 valence electrons. The Bertz CT molecular complexity index is 512. The lowest BCUT2D eigenvalue weighted by molar-refractivity contribution is 0.112. The second kappa shape index (κ2) is 5.29. The van der Waals surface area contributed by atoms with E-state index in [4.69, 9.17) is 11.6 Å². The maximum absolute atomic E-state index is 10.7. The van der Waals surface area contributed by atoms with Crippen LogP contribution in [-0.2, 0) is 0 Å². The first kappa shape index (κ1) is 12.1. The number of halogens is 1. The van der Waals surface area contributed by atoms with Crippen LogP contribution in [0.5, 0.6) is 0 Å². The van der Waals surface area contributed by atoms with E-state index < -0.39 is 0 Å². The number of aromatic nitrogens is 1. The van der Waals surface area contributed by atoms with Gasteiger partial charge in [0.25, 0.3) is 0 Å². The van der Waals surface area contributed by atoms with Crippen LogP contribution in [0.2, 0.25) is 5.15 Å². The summed E-state index contributed by atoms with van der Waals surface area (Å²) in [5.74, 6) is 0. The van der Waals surface area contributed by atoms with Crippen molar-refractivity contribution in [3.05, 3.63) is 45.9 Å². The number of aldehydes is 1. The number of carbonyl (C=O) groups excluding carboxylic acids is 1. The van der Waals surface area contributed by atoms with Gasteiger partial charge in [-0.15, -0.1) is 0 Å². The van der Waals surface area contributed by atoms with Gasteiger partial charge in [-0.3, -0.25) is 4.79 Å². The van der Waals surface area contributed by atoms with E-state index in [9.17, 15) is 4.79 Å². The first-order valence-corrected chi connectivity index (χ1v) is 6.33. The minimum atomic E-state index is 0.123. The van der Waals surface area contributed by atoms with Crippen molar-refractivity contribution in [1.82, 2.24) is 4.98 Å². The highest BCUT2D eigenvalue weighted by atomic mass is 35.5. The predicted octanol–water partition coefficient (Wildman–Crippen LogP) is 3.78. The lowest BCUT2D eigenvalue weighted by atomic mass is 10.1. The molecule has 1 heterocycles. The Balaban J connectivity index is 2.13. The van der Waals surface area contributed by atoms with Crippen LogP contribution < -0.4 is 5.32 Å². The molecule has 0 bridgehead atoms. The quantitative estimate of drug-likeness (QED) is 0.857. The molecule has 0 amide bonds. The van der Waals surface area contributed by atoms with Crippen LogP contribution in [0.3, 0.4) is 0 Å². The number of carbonyl (C=O) groups is 1. The van der Waals surface area contributed by atoms with Crippen molar-refractivity contribution in [1.29, 1.82) is 0 Å². The molecule has 1 aromatic heterocycles. The van der Waals surface area contributed by atoms with Crippen molar-refractivity contribution in [2.45, 2.75) is 13.0 Å². The molecular weight excluding hydrogens is 256 g/mol. The Hall–Kier alpha value is -1.39. The molecule has 0 aliphatic carbocycles. The third-order valence-corrected chi connectivity index (χ3v) is 3.67. The number of nitrogens with one attached hydrogen (secondary N) is 1. The summed E-state index contributed by atoms with van der Waals surface area (Å²) in [6, 6.07) is 10.1. The molecule has 1 atom stereocenters. The average Bonchev–Trinajstić information content (AvgIpc) is 2.70. The van der Waals surface area contributed by atoms with Gasteiger partial charge in [-0.2, -0.15) is 0 Å². The Morgan fingerprint density at radius 3 is 2.71 bits per heavy atom. The van der Waals surface area contributed by atoms with E-state index in [0.717, 1.165) is 11.8 Å². The van der Waals surface area contributed by atoms with E-state index in [-0.39, 0.29) is 11.2 Å². The zero-order valence-corrected chi connectivity index (χ0v) is 10.8. The van der Waals surface area contributed by atoms with Crippen LogP contribution in [0.15, 0.2) is 30.3 Å². The van der Waals surface area contributed by atoms with Crippen LogP contribution in [0, 0.1) is 0 Å². The van der Waals surface area contributed by atoms with E-state index in [2.05, 4.69) is 10.3 Å². The number of benzene rings is 1. The van der Waals surface area contributed by atoms with Crippen molar-refractivity contribution in [2.75, 3.05) is 5.32 Å². The molecule has 5 heteroatoms. The molecule has 1 aromatic carbocycles. The fraction of sp³-hybridized carbons (Fsp3) is 0.167. The van der Waals surface area contributed by atoms with Crippen LogP contribution in [0.1, 0.15) is 28.2 Å². The van der Waals surface area contributed by atoms with Gasteiger partial charge in [0, 0.05) is 0 Å². The predicted molar refractivity (Wildman–Crippen MR) is 71.0 cm³/mol. The highest BCUT2D eigenvalue weighted by molar-refractivity contribution is 7.17. The smallest absolute Gasteiger partial charge is 0.185 e. The maximum atomic E-state index is 10.7. The largest absolute Gasteiger partial charge is 0.355 e. The van der Waals surface area contributed by atoms with E-state index in [0.29, 0.717) is 10.0 Å². The van der Waals surface area contributed by atoms with E-state index in [1.165, 1.54) is 11.3 Å². The van der Waals surface area contributed by atoms with Gasteiger partial charge in [0.1, 0.15) is 4.88 Å². The molecule has 0 radical (unpaired) electrons. The molecule has 0 aliphatic rings. The molecule has 0 fully saturated rings. The molecule has 0 aliphatic heterocycles. The summed E-state index contributed by atoms with van der Waals surface area (Å²) < 4.78 is 0. The summed E-state index contributed by atoms with van der Waals surface area (Å²) in [7, 11) is 0. The molecule has 17 heavy (non-hydrogen) atoms. The van der Waals surface area contributed by atoms with Crippen molar-refractivity contribution >= 4 is 34.4 Å². The van der Waals surface area contributed by atoms with Crippen molar-refractivity contribution in [2.24, 2.45) is 0 Å². The van der Waals surface area contributed by atoms with Gasteiger partial charge >= 0.3 is 0 Å². The summed E-state index contributed by atoms with van der Waals surface area (Å²) in [5, 5.41) is 4.14. The maximum Gasteiger partial charge on any atom is 0.185 e. The fourth-order valence-corrected chi connectivity index (χ4v) is 2.51. The van der Waals surface area contributed by atoms with E-state index in [1.54, 1.807) is 0 Å². The van der Waals surface area contributed by atoms with Crippen LogP contribution in [0.25, 0.3) is 0 Å². The third-order valence-electron chi connectivity index (χ3n) is 2.36. The zero-order valence-electron chi connectivity index (χ0n) is 9.18. The van der Waals surface area contributed by atoms with Crippen LogP contribution >= 0.6 is 22.9 Å². The fourth-order valence-electron chi connectivity index (χ4n) is 1.46.